The largest absolute Gasteiger partial charge is 0.417 e. The molecule has 1 aliphatic heterocycles. The van der Waals surface area contributed by atoms with Crippen LogP contribution in [0.25, 0.3) is 0 Å². The fraction of sp³-hybridized carbons (Fsp3) is 0.556. The smallest absolute Gasteiger partial charge is 0.339 e. The summed E-state index contributed by atoms with van der Waals surface area (Å²) < 4.78 is 39.3. The van der Waals surface area contributed by atoms with E-state index in [0.717, 1.165) is 18.9 Å². The molecule has 1 saturated heterocycles. The molecule has 0 unspecified atom stereocenters. The van der Waals surface area contributed by atoms with Gasteiger partial charge in [-0.25, -0.2) is 0 Å². The number of amides is 2. The molecule has 2 rings (SSSR count). The first-order valence-electron chi connectivity index (χ1n) is 8.53. The van der Waals surface area contributed by atoms with Crippen LogP contribution in [0.1, 0.15) is 42.6 Å². The number of carbonyl (C=O) groups is 2. The molecule has 0 atom stereocenters. The van der Waals surface area contributed by atoms with Crippen LogP contribution in [-0.4, -0.2) is 47.8 Å². The number of piperazine rings is 1. The Balaban J connectivity index is 2.07. The van der Waals surface area contributed by atoms with Gasteiger partial charge in [-0.1, -0.05) is 26.0 Å². The Morgan fingerprint density at radius 2 is 1.52 bits per heavy atom. The number of alkyl halides is 3. The fourth-order valence-corrected chi connectivity index (χ4v) is 3.11. The van der Waals surface area contributed by atoms with Gasteiger partial charge in [0.05, 0.1) is 11.1 Å². The molecule has 1 heterocycles. The lowest BCUT2D eigenvalue weighted by Gasteiger charge is -2.36. The summed E-state index contributed by atoms with van der Waals surface area (Å²) in [6, 6.07) is 4.81. The quantitative estimate of drug-likeness (QED) is 0.829. The van der Waals surface area contributed by atoms with E-state index in [2.05, 4.69) is 0 Å². The van der Waals surface area contributed by atoms with Gasteiger partial charge in [0.25, 0.3) is 5.91 Å². The minimum atomic E-state index is -4.57. The monoisotopic (exact) mass is 356 g/mol. The van der Waals surface area contributed by atoms with Crippen LogP contribution >= 0.6 is 0 Å². The van der Waals surface area contributed by atoms with Gasteiger partial charge in [0.15, 0.2) is 0 Å². The fourth-order valence-electron chi connectivity index (χ4n) is 3.11. The number of halogens is 3. The first-order chi connectivity index (χ1) is 11.8. The molecule has 0 bridgehead atoms. The Morgan fingerprint density at radius 3 is 2.04 bits per heavy atom. The lowest BCUT2D eigenvalue weighted by Crippen LogP contribution is -2.52. The zero-order valence-electron chi connectivity index (χ0n) is 14.5. The molecule has 0 aliphatic carbocycles. The molecule has 0 N–H and O–H groups in total. The van der Waals surface area contributed by atoms with Crippen LogP contribution in [0.3, 0.4) is 0 Å². The lowest BCUT2D eigenvalue weighted by atomic mass is 10.0. The number of hydrogen-bond acceptors (Lipinski definition) is 2. The van der Waals surface area contributed by atoms with E-state index in [9.17, 15) is 22.8 Å². The maximum Gasteiger partial charge on any atom is 0.417 e. The third-order valence-corrected chi connectivity index (χ3v) is 4.68. The number of nitrogens with zero attached hydrogens (tertiary/aromatic N) is 2. The average Bonchev–Trinajstić information content (AvgIpc) is 2.61. The minimum Gasteiger partial charge on any atom is -0.339 e. The summed E-state index contributed by atoms with van der Waals surface area (Å²) in [4.78, 5) is 28.0. The van der Waals surface area contributed by atoms with Gasteiger partial charge in [-0.15, -0.1) is 0 Å². The standard InChI is InChI=1S/C18H23F3N2O2/c1-3-13(4-2)16(24)22-9-11-23(12-10-22)17(25)14-7-5-6-8-15(14)18(19,20)21/h5-8,13H,3-4,9-12H2,1-2H3. The van der Waals surface area contributed by atoms with E-state index < -0.39 is 17.6 Å². The summed E-state index contributed by atoms with van der Waals surface area (Å²) in [5.41, 5.74) is -1.26. The zero-order valence-corrected chi connectivity index (χ0v) is 14.5. The van der Waals surface area contributed by atoms with Crippen molar-refractivity contribution in [3.05, 3.63) is 35.4 Å². The molecule has 138 valence electrons. The Bertz CT molecular complexity index is 619. The highest BCUT2D eigenvalue weighted by atomic mass is 19.4. The average molecular weight is 356 g/mol. The highest BCUT2D eigenvalue weighted by molar-refractivity contribution is 5.96. The van der Waals surface area contributed by atoms with Crippen LogP contribution < -0.4 is 0 Å². The summed E-state index contributed by atoms with van der Waals surface area (Å²) in [6.45, 7) is 5.12. The van der Waals surface area contributed by atoms with Crippen molar-refractivity contribution >= 4 is 11.8 Å². The summed E-state index contributed by atoms with van der Waals surface area (Å²) >= 11 is 0. The maximum atomic E-state index is 13.1. The van der Waals surface area contributed by atoms with E-state index in [4.69, 9.17) is 0 Å². The second kappa shape index (κ2) is 7.89. The molecule has 0 saturated carbocycles. The Labute approximate surface area is 145 Å². The first kappa shape index (κ1) is 19.3. The molecule has 4 nitrogen and oxygen atoms in total. The lowest BCUT2D eigenvalue weighted by molar-refractivity contribution is -0.138. The molecule has 0 radical (unpaired) electrons. The maximum absolute atomic E-state index is 13.1. The first-order valence-corrected chi connectivity index (χ1v) is 8.53. The normalized spacial score (nSPS) is 15.6. The second-order valence-electron chi connectivity index (χ2n) is 6.17. The van der Waals surface area contributed by atoms with Crippen LogP contribution in [0.15, 0.2) is 24.3 Å². The van der Waals surface area contributed by atoms with Gasteiger partial charge >= 0.3 is 6.18 Å². The molecular formula is C18H23F3N2O2. The Morgan fingerprint density at radius 1 is 1.00 bits per heavy atom. The molecule has 1 aliphatic rings. The molecule has 1 aromatic carbocycles. The third kappa shape index (κ3) is 4.32. The molecule has 1 fully saturated rings. The van der Waals surface area contributed by atoms with Crippen molar-refractivity contribution in [3.8, 4) is 0 Å². The van der Waals surface area contributed by atoms with Crippen molar-refractivity contribution < 1.29 is 22.8 Å². The zero-order chi connectivity index (χ0) is 18.6. The summed E-state index contributed by atoms with van der Waals surface area (Å²) in [7, 11) is 0. The number of rotatable bonds is 4. The second-order valence-corrected chi connectivity index (χ2v) is 6.17. The summed E-state index contributed by atoms with van der Waals surface area (Å²) in [5, 5.41) is 0. The van der Waals surface area contributed by atoms with Crippen LogP contribution in [0.2, 0.25) is 0 Å². The molecular weight excluding hydrogens is 333 g/mol. The van der Waals surface area contributed by atoms with Gasteiger partial charge in [0.2, 0.25) is 5.91 Å². The Hall–Kier alpha value is -2.05. The molecule has 0 aromatic heterocycles. The SMILES string of the molecule is CCC(CC)C(=O)N1CCN(C(=O)c2ccccc2C(F)(F)F)CC1. The van der Waals surface area contributed by atoms with Crippen molar-refractivity contribution in [2.75, 3.05) is 26.2 Å². The van der Waals surface area contributed by atoms with Gasteiger partial charge in [-0.2, -0.15) is 13.2 Å². The van der Waals surface area contributed by atoms with Crippen LogP contribution in [0.5, 0.6) is 0 Å². The van der Waals surface area contributed by atoms with Crippen molar-refractivity contribution in [1.82, 2.24) is 9.80 Å². The Kier molecular flexibility index (Phi) is 6.08. The molecule has 2 amide bonds. The van der Waals surface area contributed by atoms with Gasteiger partial charge in [-0.3, -0.25) is 9.59 Å². The summed E-state index contributed by atoms with van der Waals surface area (Å²) in [6.07, 6.45) is -3.06. The van der Waals surface area contributed by atoms with Crippen LogP contribution in [-0.2, 0) is 11.0 Å². The van der Waals surface area contributed by atoms with Crippen molar-refractivity contribution in [1.29, 1.82) is 0 Å². The van der Waals surface area contributed by atoms with Gasteiger partial charge in [0.1, 0.15) is 0 Å². The van der Waals surface area contributed by atoms with Gasteiger partial charge in [0, 0.05) is 32.1 Å². The van der Waals surface area contributed by atoms with Gasteiger partial charge < -0.3 is 9.80 Å². The minimum absolute atomic E-state index is 0.0341. The van der Waals surface area contributed by atoms with E-state index in [1.165, 1.54) is 23.1 Å². The van der Waals surface area contributed by atoms with Crippen LogP contribution in [0.4, 0.5) is 13.2 Å². The van der Waals surface area contributed by atoms with E-state index in [0.29, 0.717) is 13.1 Å². The number of carbonyl (C=O) groups excluding carboxylic acids is 2. The predicted octanol–water partition coefficient (Wildman–Crippen LogP) is 3.43. The highest BCUT2D eigenvalue weighted by Crippen LogP contribution is 2.32. The van der Waals surface area contributed by atoms with E-state index >= 15 is 0 Å². The molecule has 0 spiro atoms. The third-order valence-electron chi connectivity index (χ3n) is 4.68. The molecule has 1 aromatic rings. The van der Waals surface area contributed by atoms with Crippen molar-refractivity contribution in [2.45, 2.75) is 32.9 Å². The topological polar surface area (TPSA) is 40.6 Å². The number of hydrogen-bond donors (Lipinski definition) is 0. The van der Waals surface area contributed by atoms with E-state index in [1.807, 2.05) is 13.8 Å². The van der Waals surface area contributed by atoms with Gasteiger partial charge in [-0.05, 0) is 25.0 Å². The van der Waals surface area contributed by atoms with E-state index in [-0.39, 0.29) is 30.5 Å². The molecule has 7 heteroatoms. The highest BCUT2D eigenvalue weighted by Gasteiger charge is 2.36. The molecule has 25 heavy (non-hydrogen) atoms. The summed E-state index contributed by atoms with van der Waals surface area (Å²) in [5.74, 6) is -0.608. The van der Waals surface area contributed by atoms with Crippen molar-refractivity contribution in [3.63, 3.8) is 0 Å². The van der Waals surface area contributed by atoms with Crippen LogP contribution in [0, 0.1) is 5.92 Å². The van der Waals surface area contributed by atoms with E-state index in [1.54, 1.807) is 4.90 Å². The number of benzene rings is 1. The predicted molar refractivity (Wildman–Crippen MR) is 88.0 cm³/mol. The van der Waals surface area contributed by atoms with Crippen molar-refractivity contribution in [2.24, 2.45) is 5.92 Å².